The number of hydrogen-bond acceptors (Lipinski definition) is 3. The van der Waals surface area contributed by atoms with E-state index in [2.05, 4.69) is 17.9 Å². The van der Waals surface area contributed by atoms with Crippen LogP contribution in [0.5, 0.6) is 0 Å². The largest absolute Gasteiger partial charge is 0.444 e. The van der Waals surface area contributed by atoms with Crippen LogP contribution in [0.4, 0.5) is 14.9 Å². The zero-order valence-corrected chi connectivity index (χ0v) is 11.3. The standard InChI is InChI=1S/C11H13ClFNO2S/c1-11(2,3)16-10(15)14-8-4-6(12)7(13)5-9(8)17/h4-5,17H,1-3H3,(H,14,15). The summed E-state index contributed by atoms with van der Waals surface area (Å²) in [5, 5.41) is 2.36. The fourth-order valence-corrected chi connectivity index (χ4v) is 1.45. The van der Waals surface area contributed by atoms with Crippen LogP contribution in [0, 0.1) is 5.82 Å². The quantitative estimate of drug-likeness (QED) is 0.758. The first-order valence-electron chi connectivity index (χ1n) is 4.87. The number of amides is 1. The summed E-state index contributed by atoms with van der Waals surface area (Å²) in [6.45, 7) is 5.23. The van der Waals surface area contributed by atoms with Gasteiger partial charge in [0.05, 0.1) is 10.7 Å². The minimum Gasteiger partial charge on any atom is -0.444 e. The lowest BCUT2D eigenvalue weighted by Crippen LogP contribution is -2.27. The van der Waals surface area contributed by atoms with E-state index >= 15 is 0 Å². The molecule has 3 nitrogen and oxygen atoms in total. The van der Waals surface area contributed by atoms with Crippen LogP contribution in [0.2, 0.25) is 5.02 Å². The van der Waals surface area contributed by atoms with E-state index in [1.165, 1.54) is 6.07 Å². The second-order valence-corrected chi connectivity index (χ2v) is 5.30. The molecule has 94 valence electrons. The van der Waals surface area contributed by atoms with Gasteiger partial charge in [0.25, 0.3) is 0 Å². The highest BCUT2D eigenvalue weighted by molar-refractivity contribution is 7.80. The lowest BCUT2D eigenvalue weighted by molar-refractivity contribution is 0.0635. The molecule has 1 aromatic carbocycles. The minimum absolute atomic E-state index is 0.0890. The van der Waals surface area contributed by atoms with E-state index in [0.717, 1.165) is 6.07 Å². The number of carbonyl (C=O) groups is 1. The van der Waals surface area contributed by atoms with Crippen molar-refractivity contribution in [1.29, 1.82) is 0 Å². The first kappa shape index (κ1) is 14.1. The van der Waals surface area contributed by atoms with Gasteiger partial charge in [-0.25, -0.2) is 9.18 Å². The summed E-state index contributed by atoms with van der Waals surface area (Å²) in [6, 6.07) is 2.40. The number of nitrogens with one attached hydrogen (secondary N) is 1. The van der Waals surface area contributed by atoms with Crippen LogP contribution in [-0.2, 0) is 4.74 Å². The number of halogens is 2. The van der Waals surface area contributed by atoms with E-state index in [0.29, 0.717) is 5.69 Å². The van der Waals surface area contributed by atoms with Crippen molar-refractivity contribution in [2.24, 2.45) is 0 Å². The number of anilines is 1. The van der Waals surface area contributed by atoms with E-state index in [-0.39, 0.29) is 9.92 Å². The maximum absolute atomic E-state index is 13.0. The molecule has 0 fully saturated rings. The normalized spacial score (nSPS) is 11.2. The summed E-state index contributed by atoms with van der Waals surface area (Å²) < 4.78 is 18.1. The number of thiol groups is 1. The van der Waals surface area contributed by atoms with Gasteiger partial charge in [0.2, 0.25) is 0 Å². The Morgan fingerprint density at radius 2 is 2.06 bits per heavy atom. The van der Waals surface area contributed by atoms with E-state index in [9.17, 15) is 9.18 Å². The Hall–Kier alpha value is -0.940. The van der Waals surface area contributed by atoms with Gasteiger partial charge < -0.3 is 4.74 Å². The minimum atomic E-state index is -0.643. The first-order valence-corrected chi connectivity index (χ1v) is 5.69. The fraction of sp³-hybridized carbons (Fsp3) is 0.364. The SMILES string of the molecule is CC(C)(C)OC(=O)Nc1cc(Cl)c(F)cc1S. The molecule has 1 aromatic rings. The third kappa shape index (κ3) is 4.44. The Bertz CT molecular complexity index is 446. The molecule has 1 amide bonds. The van der Waals surface area contributed by atoms with E-state index in [4.69, 9.17) is 16.3 Å². The smallest absolute Gasteiger partial charge is 0.412 e. The molecule has 0 saturated heterocycles. The van der Waals surface area contributed by atoms with Crippen molar-refractivity contribution in [3.63, 3.8) is 0 Å². The van der Waals surface area contributed by atoms with E-state index < -0.39 is 17.5 Å². The van der Waals surface area contributed by atoms with Crippen molar-refractivity contribution in [3.05, 3.63) is 23.0 Å². The molecule has 1 rings (SSSR count). The fourth-order valence-electron chi connectivity index (χ4n) is 1.05. The molecule has 17 heavy (non-hydrogen) atoms. The highest BCUT2D eigenvalue weighted by Crippen LogP contribution is 2.27. The number of benzene rings is 1. The number of hydrogen-bond donors (Lipinski definition) is 2. The topological polar surface area (TPSA) is 38.3 Å². The molecule has 0 heterocycles. The molecule has 0 saturated carbocycles. The maximum Gasteiger partial charge on any atom is 0.412 e. The van der Waals surface area contributed by atoms with Crippen LogP contribution in [0.15, 0.2) is 17.0 Å². The van der Waals surface area contributed by atoms with Crippen molar-refractivity contribution in [1.82, 2.24) is 0 Å². The average molecular weight is 278 g/mol. The van der Waals surface area contributed by atoms with Gasteiger partial charge in [0.1, 0.15) is 11.4 Å². The third-order valence-corrected chi connectivity index (χ3v) is 2.33. The molecular formula is C11H13ClFNO2S. The number of carbonyl (C=O) groups excluding carboxylic acids is 1. The molecule has 0 aromatic heterocycles. The summed E-state index contributed by atoms with van der Waals surface area (Å²) >= 11 is 9.63. The van der Waals surface area contributed by atoms with Crippen molar-refractivity contribution in [2.75, 3.05) is 5.32 Å². The molecule has 1 N–H and O–H groups in total. The first-order chi connectivity index (χ1) is 7.69. The molecule has 0 atom stereocenters. The van der Waals surface area contributed by atoms with Gasteiger partial charge in [-0.2, -0.15) is 0 Å². The van der Waals surface area contributed by atoms with Gasteiger partial charge in [-0.15, -0.1) is 12.6 Å². The molecule has 0 aliphatic carbocycles. The van der Waals surface area contributed by atoms with Gasteiger partial charge in [-0.1, -0.05) is 11.6 Å². The zero-order chi connectivity index (χ0) is 13.2. The van der Waals surface area contributed by atoms with Crippen LogP contribution in [0.3, 0.4) is 0 Å². The summed E-state index contributed by atoms with van der Waals surface area (Å²) in [5.74, 6) is -0.591. The van der Waals surface area contributed by atoms with Gasteiger partial charge in [0, 0.05) is 4.90 Å². The number of rotatable bonds is 1. The second-order valence-electron chi connectivity index (χ2n) is 4.41. The Morgan fingerprint density at radius 1 is 1.47 bits per heavy atom. The predicted molar refractivity (Wildman–Crippen MR) is 68.5 cm³/mol. The molecule has 0 spiro atoms. The Labute approximate surface area is 110 Å². The molecule has 0 unspecified atom stereocenters. The lowest BCUT2D eigenvalue weighted by atomic mass is 10.2. The van der Waals surface area contributed by atoms with Crippen LogP contribution in [-0.4, -0.2) is 11.7 Å². The average Bonchev–Trinajstić information content (AvgIpc) is 2.11. The van der Waals surface area contributed by atoms with Crippen LogP contribution in [0.1, 0.15) is 20.8 Å². The molecule has 0 aliphatic rings. The molecule has 6 heteroatoms. The van der Waals surface area contributed by atoms with Crippen LogP contribution in [0.25, 0.3) is 0 Å². The van der Waals surface area contributed by atoms with Gasteiger partial charge in [-0.05, 0) is 32.9 Å². The summed E-state index contributed by atoms with van der Waals surface area (Å²) in [6.07, 6.45) is -0.643. The van der Waals surface area contributed by atoms with Crippen molar-refractivity contribution < 1.29 is 13.9 Å². The Balaban J connectivity index is 2.82. The highest BCUT2D eigenvalue weighted by atomic mass is 35.5. The maximum atomic E-state index is 13.0. The molecular weight excluding hydrogens is 265 g/mol. The van der Waals surface area contributed by atoms with Gasteiger partial charge in [0.15, 0.2) is 0 Å². The zero-order valence-electron chi connectivity index (χ0n) is 9.67. The van der Waals surface area contributed by atoms with Gasteiger partial charge in [-0.3, -0.25) is 5.32 Å². The predicted octanol–water partition coefficient (Wildman–Crippen LogP) is 4.11. The third-order valence-electron chi connectivity index (χ3n) is 1.67. The monoisotopic (exact) mass is 277 g/mol. The molecule has 0 radical (unpaired) electrons. The van der Waals surface area contributed by atoms with Crippen molar-refractivity contribution in [3.8, 4) is 0 Å². The Morgan fingerprint density at radius 3 is 2.59 bits per heavy atom. The molecule has 0 aliphatic heterocycles. The van der Waals surface area contributed by atoms with Gasteiger partial charge >= 0.3 is 6.09 Å². The summed E-state index contributed by atoms with van der Waals surface area (Å²) in [7, 11) is 0. The lowest BCUT2D eigenvalue weighted by Gasteiger charge is -2.20. The van der Waals surface area contributed by atoms with E-state index in [1.807, 2.05) is 0 Å². The summed E-state index contributed by atoms with van der Waals surface area (Å²) in [5.41, 5.74) is -0.306. The second kappa shape index (κ2) is 5.14. The van der Waals surface area contributed by atoms with Crippen molar-refractivity contribution in [2.45, 2.75) is 31.3 Å². The highest BCUT2D eigenvalue weighted by Gasteiger charge is 2.17. The summed E-state index contributed by atoms with van der Waals surface area (Å²) in [4.78, 5) is 11.7. The van der Waals surface area contributed by atoms with Crippen LogP contribution >= 0.6 is 24.2 Å². The molecule has 0 bridgehead atoms. The number of ether oxygens (including phenoxy) is 1. The van der Waals surface area contributed by atoms with Crippen molar-refractivity contribution >= 4 is 36.0 Å². The van der Waals surface area contributed by atoms with Crippen LogP contribution < -0.4 is 5.32 Å². The van der Waals surface area contributed by atoms with E-state index in [1.54, 1.807) is 20.8 Å². The Kier molecular flexibility index (Phi) is 4.27.